The topological polar surface area (TPSA) is 61.1 Å². The number of nitriles is 1. The Morgan fingerprint density at radius 3 is 2.88 bits per heavy atom. The SMILES string of the molecule is CC1=CC(=C(C#N)c2ccccn2)N=C(Cl)N1. The van der Waals surface area contributed by atoms with Gasteiger partial charge in [-0.15, -0.1) is 0 Å². The van der Waals surface area contributed by atoms with Gasteiger partial charge in [-0.1, -0.05) is 6.07 Å². The summed E-state index contributed by atoms with van der Waals surface area (Å²) in [6.45, 7) is 1.85. The molecule has 0 radical (unpaired) electrons. The Hall–Kier alpha value is -2.12. The van der Waals surface area contributed by atoms with Crippen molar-refractivity contribution in [3.05, 3.63) is 47.6 Å². The molecule has 1 N–H and O–H groups in total. The fourth-order valence-corrected chi connectivity index (χ4v) is 1.69. The van der Waals surface area contributed by atoms with Gasteiger partial charge >= 0.3 is 0 Å². The van der Waals surface area contributed by atoms with E-state index in [2.05, 4.69) is 21.4 Å². The van der Waals surface area contributed by atoms with Crippen LogP contribution in [0, 0.1) is 11.3 Å². The van der Waals surface area contributed by atoms with E-state index in [0.29, 0.717) is 17.0 Å². The maximum atomic E-state index is 9.19. The second kappa shape index (κ2) is 4.81. The minimum absolute atomic E-state index is 0.253. The van der Waals surface area contributed by atoms with Crippen molar-refractivity contribution in [2.45, 2.75) is 6.92 Å². The van der Waals surface area contributed by atoms with Crippen molar-refractivity contribution >= 4 is 22.5 Å². The number of aliphatic imine (C=N–C) groups is 1. The molecule has 2 rings (SSSR count). The molecule has 17 heavy (non-hydrogen) atoms. The number of rotatable bonds is 1. The maximum Gasteiger partial charge on any atom is 0.200 e. The highest BCUT2D eigenvalue weighted by Gasteiger charge is 2.12. The van der Waals surface area contributed by atoms with Crippen LogP contribution in [0.1, 0.15) is 12.6 Å². The first kappa shape index (κ1) is 11.4. The molecule has 0 amide bonds. The molecule has 0 aromatic carbocycles. The molecule has 0 atom stereocenters. The zero-order chi connectivity index (χ0) is 12.3. The van der Waals surface area contributed by atoms with Gasteiger partial charge in [-0.05, 0) is 36.7 Å². The van der Waals surface area contributed by atoms with Crippen LogP contribution in [0.4, 0.5) is 0 Å². The molecule has 0 unspecified atom stereocenters. The van der Waals surface area contributed by atoms with E-state index in [9.17, 15) is 5.26 Å². The van der Waals surface area contributed by atoms with Gasteiger partial charge in [0.05, 0.1) is 11.4 Å². The number of nitrogens with one attached hydrogen (secondary N) is 1. The predicted octanol–water partition coefficient (Wildman–Crippen LogP) is 2.42. The van der Waals surface area contributed by atoms with Crippen LogP contribution in [0.5, 0.6) is 0 Å². The van der Waals surface area contributed by atoms with Crippen molar-refractivity contribution in [2.24, 2.45) is 4.99 Å². The van der Waals surface area contributed by atoms with Crippen LogP contribution in [0.3, 0.4) is 0 Å². The summed E-state index contributed by atoms with van der Waals surface area (Å²) in [7, 11) is 0. The average molecular weight is 245 g/mol. The minimum atomic E-state index is 0.253. The molecule has 0 aliphatic carbocycles. The lowest BCUT2D eigenvalue weighted by atomic mass is 10.1. The van der Waals surface area contributed by atoms with Gasteiger partial charge in [0.1, 0.15) is 11.6 Å². The molecule has 5 heteroatoms. The fraction of sp³-hybridized carbons (Fsp3) is 0.0833. The lowest BCUT2D eigenvalue weighted by Gasteiger charge is -2.11. The van der Waals surface area contributed by atoms with Gasteiger partial charge in [-0.2, -0.15) is 5.26 Å². The normalized spacial score (nSPS) is 17.5. The van der Waals surface area contributed by atoms with Crippen LogP contribution >= 0.6 is 11.6 Å². The highest BCUT2D eigenvalue weighted by molar-refractivity contribution is 6.65. The number of pyridine rings is 1. The molecule has 1 aromatic heterocycles. The number of halogens is 1. The predicted molar refractivity (Wildman–Crippen MR) is 67.0 cm³/mol. The summed E-state index contributed by atoms with van der Waals surface area (Å²) in [5, 5.41) is 12.3. The standard InChI is InChI=1S/C12H9ClN4/c1-8-6-11(17-12(13)16-8)9(7-14)10-4-2-3-5-15-10/h2-6H,1H3,(H,16,17). The minimum Gasteiger partial charge on any atom is -0.334 e. The third-order valence-electron chi connectivity index (χ3n) is 2.16. The van der Waals surface area contributed by atoms with Crippen molar-refractivity contribution in [3.8, 4) is 6.07 Å². The van der Waals surface area contributed by atoms with Gasteiger partial charge in [0.15, 0.2) is 0 Å². The first-order valence-corrected chi connectivity index (χ1v) is 5.34. The molecular weight excluding hydrogens is 236 g/mol. The molecular formula is C12H9ClN4. The van der Waals surface area contributed by atoms with E-state index in [4.69, 9.17) is 11.6 Å². The van der Waals surface area contributed by atoms with E-state index < -0.39 is 0 Å². The maximum absolute atomic E-state index is 9.19. The van der Waals surface area contributed by atoms with Crippen molar-refractivity contribution in [1.82, 2.24) is 10.3 Å². The largest absolute Gasteiger partial charge is 0.334 e. The molecule has 1 aliphatic heterocycles. The van der Waals surface area contributed by atoms with Crippen LogP contribution < -0.4 is 5.32 Å². The Bertz CT molecular complexity index is 544. The number of hydrogen-bond acceptors (Lipinski definition) is 4. The summed E-state index contributed by atoms with van der Waals surface area (Å²) in [5.41, 5.74) is 2.35. The molecule has 4 nitrogen and oxygen atoms in total. The zero-order valence-corrected chi connectivity index (χ0v) is 9.86. The third-order valence-corrected chi connectivity index (χ3v) is 2.34. The van der Waals surface area contributed by atoms with Crippen molar-refractivity contribution in [2.75, 3.05) is 0 Å². The first-order chi connectivity index (χ1) is 8.20. The lowest BCUT2D eigenvalue weighted by Crippen LogP contribution is -2.19. The van der Waals surface area contributed by atoms with E-state index in [1.165, 1.54) is 0 Å². The van der Waals surface area contributed by atoms with Crippen LogP contribution in [0.25, 0.3) is 5.57 Å². The Labute approximate surface area is 104 Å². The van der Waals surface area contributed by atoms with Crippen molar-refractivity contribution < 1.29 is 0 Å². The highest BCUT2D eigenvalue weighted by Crippen LogP contribution is 2.21. The molecule has 84 valence electrons. The van der Waals surface area contributed by atoms with Gasteiger partial charge in [-0.25, -0.2) is 4.99 Å². The van der Waals surface area contributed by atoms with Crippen LogP contribution in [-0.2, 0) is 0 Å². The smallest absolute Gasteiger partial charge is 0.200 e. The Balaban J connectivity index is 2.56. The molecule has 0 saturated heterocycles. The van der Waals surface area contributed by atoms with Crippen LogP contribution in [0.15, 0.2) is 46.9 Å². The summed E-state index contributed by atoms with van der Waals surface area (Å²) in [6.07, 6.45) is 3.40. The highest BCUT2D eigenvalue weighted by atomic mass is 35.5. The van der Waals surface area contributed by atoms with Crippen molar-refractivity contribution in [1.29, 1.82) is 5.26 Å². The number of allylic oxidation sites excluding steroid dienone is 3. The Morgan fingerprint density at radius 1 is 1.47 bits per heavy atom. The number of amidine groups is 1. The Morgan fingerprint density at radius 2 is 2.29 bits per heavy atom. The summed E-state index contributed by atoms with van der Waals surface area (Å²) < 4.78 is 0. The molecule has 2 heterocycles. The first-order valence-electron chi connectivity index (χ1n) is 4.96. The summed E-state index contributed by atoms with van der Waals surface area (Å²) in [4.78, 5) is 8.22. The second-order valence-corrected chi connectivity index (χ2v) is 3.80. The lowest BCUT2D eigenvalue weighted by molar-refractivity contribution is 1.08. The molecule has 0 spiro atoms. The van der Waals surface area contributed by atoms with Crippen molar-refractivity contribution in [3.63, 3.8) is 0 Å². The van der Waals surface area contributed by atoms with Gasteiger partial charge in [0, 0.05) is 11.9 Å². The average Bonchev–Trinajstić information content (AvgIpc) is 2.30. The quantitative estimate of drug-likeness (QED) is 0.610. The molecule has 1 aromatic rings. The second-order valence-electron chi connectivity index (χ2n) is 3.44. The van der Waals surface area contributed by atoms with E-state index in [1.807, 2.05) is 13.0 Å². The molecule has 0 fully saturated rings. The van der Waals surface area contributed by atoms with Gasteiger partial charge < -0.3 is 5.32 Å². The molecule has 0 saturated carbocycles. The van der Waals surface area contributed by atoms with Crippen LogP contribution in [-0.4, -0.2) is 10.3 Å². The number of hydrogen-bond donors (Lipinski definition) is 1. The fourth-order valence-electron chi connectivity index (χ4n) is 1.45. The van der Waals surface area contributed by atoms with E-state index in [0.717, 1.165) is 5.70 Å². The number of nitrogens with zero attached hydrogens (tertiary/aromatic N) is 3. The summed E-state index contributed by atoms with van der Waals surface area (Å²) >= 11 is 5.83. The van der Waals surface area contributed by atoms with E-state index in [-0.39, 0.29) is 5.29 Å². The number of aromatic nitrogens is 1. The van der Waals surface area contributed by atoms with Gasteiger partial charge in [-0.3, -0.25) is 4.98 Å². The van der Waals surface area contributed by atoms with E-state index in [1.54, 1.807) is 24.4 Å². The third kappa shape index (κ3) is 2.52. The summed E-state index contributed by atoms with van der Waals surface area (Å²) in [5.74, 6) is 0. The van der Waals surface area contributed by atoms with Crippen LogP contribution in [0.2, 0.25) is 0 Å². The molecule has 0 bridgehead atoms. The zero-order valence-electron chi connectivity index (χ0n) is 9.11. The molecule has 1 aliphatic rings. The monoisotopic (exact) mass is 244 g/mol. The van der Waals surface area contributed by atoms with Gasteiger partial charge in [0.2, 0.25) is 5.29 Å². The summed E-state index contributed by atoms with van der Waals surface area (Å²) in [6, 6.07) is 7.49. The van der Waals surface area contributed by atoms with Gasteiger partial charge in [0.25, 0.3) is 0 Å². The van der Waals surface area contributed by atoms with E-state index >= 15 is 0 Å². The Kier molecular flexibility index (Phi) is 3.22.